The van der Waals surface area contributed by atoms with Crippen molar-refractivity contribution in [1.82, 2.24) is 15.2 Å². The number of pyridine rings is 1. The third-order valence-corrected chi connectivity index (χ3v) is 5.44. The number of benzene rings is 2. The molecule has 27 heavy (non-hydrogen) atoms. The predicted molar refractivity (Wildman–Crippen MR) is 103 cm³/mol. The molecule has 4 aromatic rings. The van der Waals surface area contributed by atoms with Gasteiger partial charge in [-0.15, -0.1) is 0 Å². The molecular formula is C20H17BFN3O2. The molecule has 0 radical (unpaired) electrons. The van der Waals surface area contributed by atoms with Crippen LogP contribution < -0.4 is 5.46 Å². The summed E-state index contributed by atoms with van der Waals surface area (Å²) in [7, 11) is -1.83. The summed E-state index contributed by atoms with van der Waals surface area (Å²) in [4.78, 5) is 4.87. The van der Waals surface area contributed by atoms with Crippen LogP contribution in [0.1, 0.15) is 24.0 Å². The van der Waals surface area contributed by atoms with E-state index in [2.05, 4.69) is 10.2 Å². The van der Waals surface area contributed by atoms with E-state index < -0.39 is 12.9 Å². The van der Waals surface area contributed by atoms with E-state index in [4.69, 9.17) is 4.98 Å². The molecule has 0 amide bonds. The van der Waals surface area contributed by atoms with Gasteiger partial charge in [0.25, 0.3) is 0 Å². The summed E-state index contributed by atoms with van der Waals surface area (Å²) in [6, 6.07) is 8.39. The SMILES string of the molecule is OB(O)c1ccc(-c2nc3ccc4[nH]ncc4c3c3c2CCCC3)cc1F. The minimum absolute atomic E-state index is 0.131. The molecule has 1 aliphatic rings. The normalized spacial score (nSPS) is 13.9. The molecule has 0 bridgehead atoms. The Balaban J connectivity index is 1.80. The molecule has 2 heterocycles. The number of aryl methyl sites for hydroxylation is 1. The maximum absolute atomic E-state index is 14.3. The molecule has 134 valence electrons. The molecule has 0 aliphatic heterocycles. The van der Waals surface area contributed by atoms with Crippen LogP contribution >= 0.6 is 0 Å². The van der Waals surface area contributed by atoms with Gasteiger partial charge < -0.3 is 10.0 Å². The number of hydrogen-bond acceptors (Lipinski definition) is 4. The molecule has 2 aromatic carbocycles. The van der Waals surface area contributed by atoms with Crippen LogP contribution in [0, 0.1) is 5.82 Å². The van der Waals surface area contributed by atoms with Gasteiger partial charge in [-0.3, -0.25) is 5.10 Å². The predicted octanol–water partition coefficient (Wildman–Crippen LogP) is 2.48. The van der Waals surface area contributed by atoms with Gasteiger partial charge in [0.2, 0.25) is 0 Å². The van der Waals surface area contributed by atoms with Crippen LogP contribution in [0.2, 0.25) is 0 Å². The maximum atomic E-state index is 14.3. The van der Waals surface area contributed by atoms with Crippen molar-refractivity contribution in [1.29, 1.82) is 0 Å². The molecule has 0 spiro atoms. The second kappa shape index (κ2) is 6.15. The Morgan fingerprint density at radius 3 is 2.63 bits per heavy atom. The monoisotopic (exact) mass is 361 g/mol. The number of nitrogens with one attached hydrogen (secondary N) is 1. The lowest BCUT2D eigenvalue weighted by Crippen LogP contribution is -2.32. The van der Waals surface area contributed by atoms with E-state index in [1.807, 2.05) is 18.3 Å². The molecular weight excluding hydrogens is 344 g/mol. The maximum Gasteiger partial charge on any atom is 0.491 e. The topological polar surface area (TPSA) is 82.0 Å². The van der Waals surface area contributed by atoms with E-state index in [1.165, 1.54) is 17.7 Å². The lowest BCUT2D eigenvalue weighted by Gasteiger charge is -2.22. The number of rotatable bonds is 2. The Morgan fingerprint density at radius 1 is 1.04 bits per heavy atom. The van der Waals surface area contributed by atoms with Gasteiger partial charge in [-0.05, 0) is 55.0 Å². The molecule has 0 atom stereocenters. The van der Waals surface area contributed by atoms with Gasteiger partial charge in [-0.25, -0.2) is 9.37 Å². The Bertz CT molecular complexity index is 1190. The van der Waals surface area contributed by atoms with Crippen LogP contribution in [0.5, 0.6) is 0 Å². The van der Waals surface area contributed by atoms with Crippen molar-refractivity contribution in [3.8, 4) is 11.3 Å². The first-order valence-corrected chi connectivity index (χ1v) is 9.07. The van der Waals surface area contributed by atoms with Gasteiger partial charge in [0.05, 0.1) is 22.9 Å². The standard InChI is InChI=1S/C20H17BFN3O2/c22-16-9-11(5-6-15(16)21(26)27)20-13-4-2-1-3-12(13)19-14-10-23-25-17(14)7-8-18(19)24-20/h5-10,26-27H,1-4H2,(H,23,25). The highest BCUT2D eigenvalue weighted by Gasteiger charge is 2.23. The van der Waals surface area contributed by atoms with Crippen LogP contribution in [0.4, 0.5) is 4.39 Å². The van der Waals surface area contributed by atoms with Crippen molar-refractivity contribution in [2.24, 2.45) is 0 Å². The van der Waals surface area contributed by atoms with E-state index in [1.54, 1.807) is 6.07 Å². The molecule has 5 rings (SSSR count). The highest BCUT2D eigenvalue weighted by Crippen LogP contribution is 2.37. The fraction of sp³-hybridized carbons (Fsp3) is 0.200. The number of H-pyrrole nitrogens is 1. The molecule has 1 aliphatic carbocycles. The fourth-order valence-electron chi connectivity index (χ4n) is 4.17. The smallest absolute Gasteiger partial charge is 0.423 e. The summed E-state index contributed by atoms with van der Waals surface area (Å²) >= 11 is 0. The number of nitrogens with zero attached hydrogens (tertiary/aromatic N) is 2. The van der Waals surface area contributed by atoms with Gasteiger partial charge >= 0.3 is 7.12 Å². The molecule has 0 saturated heterocycles. The number of aromatic amines is 1. The fourth-order valence-corrected chi connectivity index (χ4v) is 4.17. The van der Waals surface area contributed by atoms with E-state index in [-0.39, 0.29) is 5.46 Å². The highest BCUT2D eigenvalue weighted by molar-refractivity contribution is 6.58. The lowest BCUT2D eigenvalue weighted by molar-refractivity contribution is 0.423. The summed E-state index contributed by atoms with van der Waals surface area (Å²) in [5.74, 6) is -0.640. The third-order valence-electron chi connectivity index (χ3n) is 5.44. The molecule has 7 heteroatoms. The van der Waals surface area contributed by atoms with Crippen LogP contribution in [0.25, 0.3) is 33.1 Å². The zero-order valence-corrected chi connectivity index (χ0v) is 14.5. The van der Waals surface area contributed by atoms with Crippen LogP contribution in [-0.2, 0) is 12.8 Å². The zero-order chi connectivity index (χ0) is 18.5. The zero-order valence-electron chi connectivity index (χ0n) is 14.5. The first-order chi connectivity index (χ1) is 13.1. The summed E-state index contributed by atoms with van der Waals surface area (Å²) < 4.78 is 14.3. The van der Waals surface area contributed by atoms with E-state index in [9.17, 15) is 14.4 Å². The summed E-state index contributed by atoms with van der Waals surface area (Å²) in [5, 5.41) is 27.9. The van der Waals surface area contributed by atoms with Crippen LogP contribution in [0.3, 0.4) is 0 Å². The van der Waals surface area contributed by atoms with Gasteiger partial charge in [-0.1, -0.05) is 12.1 Å². The lowest BCUT2D eigenvalue weighted by atomic mass is 9.79. The molecule has 2 aromatic heterocycles. The Morgan fingerprint density at radius 2 is 1.85 bits per heavy atom. The molecule has 0 fully saturated rings. The van der Waals surface area contributed by atoms with Crippen LogP contribution in [-0.4, -0.2) is 32.3 Å². The number of fused-ring (bicyclic) bond motifs is 5. The van der Waals surface area contributed by atoms with Crippen molar-refractivity contribution in [2.75, 3.05) is 0 Å². The first kappa shape index (κ1) is 16.4. The Hall–Kier alpha value is -2.77. The van der Waals surface area contributed by atoms with Crippen molar-refractivity contribution in [3.63, 3.8) is 0 Å². The summed E-state index contributed by atoms with van der Waals surface area (Å²) in [6.45, 7) is 0. The number of hydrogen-bond donors (Lipinski definition) is 3. The second-order valence-electron chi connectivity index (χ2n) is 7.03. The van der Waals surface area contributed by atoms with E-state index >= 15 is 0 Å². The second-order valence-corrected chi connectivity index (χ2v) is 7.03. The van der Waals surface area contributed by atoms with Crippen molar-refractivity contribution < 1.29 is 14.4 Å². The van der Waals surface area contributed by atoms with E-state index in [0.717, 1.165) is 58.7 Å². The Kier molecular flexibility index (Phi) is 3.74. The quantitative estimate of drug-likeness (QED) is 0.479. The summed E-state index contributed by atoms with van der Waals surface area (Å²) in [5.41, 5.74) is 5.57. The average Bonchev–Trinajstić information content (AvgIpc) is 3.15. The number of halogens is 1. The van der Waals surface area contributed by atoms with Crippen molar-refractivity contribution in [3.05, 3.63) is 53.5 Å². The average molecular weight is 361 g/mol. The summed E-state index contributed by atoms with van der Waals surface area (Å²) in [6.07, 6.45) is 5.88. The van der Waals surface area contributed by atoms with Gasteiger partial charge in [-0.2, -0.15) is 5.10 Å². The van der Waals surface area contributed by atoms with Gasteiger partial charge in [0.1, 0.15) is 5.82 Å². The molecule has 3 N–H and O–H groups in total. The molecule has 0 saturated carbocycles. The Labute approximate surface area is 155 Å². The first-order valence-electron chi connectivity index (χ1n) is 9.07. The van der Waals surface area contributed by atoms with Crippen molar-refractivity contribution in [2.45, 2.75) is 25.7 Å². The molecule has 0 unspecified atom stereocenters. The van der Waals surface area contributed by atoms with E-state index in [0.29, 0.717) is 5.56 Å². The van der Waals surface area contributed by atoms with Crippen LogP contribution in [0.15, 0.2) is 36.5 Å². The minimum atomic E-state index is -1.83. The number of aromatic nitrogens is 3. The minimum Gasteiger partial charge on any atom is -0.423 e. The molecule has 5 nitrogen and oxygen atoms in total. The third kappa shape index (κ3) is 2.54. The van der Waals surface area contributed by atoms with Gasteiger partial charge in [0, 0.05) is 21.8 Å². The highest BCUT2D eigenvalue weighted by atomic mass is 19.1. The van der Waals surface area contributed by atoms with Gasteiger partial charge in [0.15, 0.2) is 0 Å². The largest absolute Gasteiger partial charge is 0.491 e. The van der Waals surface area contributed by atoms with Crippen molar-refractivity contribution >= 4 is 34.4 Å².